The van der Waals surface area contributed by atoms with Gasteiger partial charge in [-0.1, -0.05) is 46.0 Å². The first kappa shape index (κ1) is 16.0. The van der Waals surface area contributed by atoms with E-state index in [4.69, 9.17) is 14.2 Å². The molecular formula is C18H28O3. The molecule has 0 spiro atoms. The fraction of sp³-hybridized carbons (Fsp3) is 0.667. The van der Waals surface area contributed by atoms with E-state index in [9.17, 15) is 0 Å². The highest BCUT2D eigenvalue weighted by molar-refractivity contribution is 5.46. The summed E-state index contributed by atoms with van der Waals surface area (Å²) in [5.41, 5.74) is 0. The highest BCUT2D eigenvalue weighted by Gasteiger charge is 2.13. The smallest absolute Gasteiger partial charge is 0.231 e. The van der Waals surface area contributed by atoms with Gasteiger partial charge in [-0.25, -0.2) is 0 Å². The van der Waals surface area contributed by atoms with Gasteiger partial charge in [0.05, 0.1) is 6.61 Å². The largest absolute Gasteiger partial charge is 0.493 e. The first-order chi connectivity index (χ1) is 10.3. The highest BCUT2D eigenvalue weighted by atomic mass is 16.7. The quantitative estimate of drug-likeness (QED) is 0.556. The molecule has 0 aromatic heterocycles. The van der Waals surface area contributed by atoms with Gasteiger partial charge in [-0.15, -0.1) is 0 Å². The van der Waals surface area contributed by atoms with E-state index in [0.29, 0.717) is 6.79 Å². The maximum Gasteiger partial charge on any atom is 0.231 e. The Morgan fingerprint density at radius 1 is 1.05 bits per heavy atom. The fourth-order valence-corrected chi connectivity index (χ4v) is 2.65. The monoisotopic (exact) mass is 292 g/mol. The molecule has 3 heteroatoms. The molecule has 0 saturated carbocycles. The van der Waals surface area contributed by atoms with Gasteiger partial charge < -0.3 is 14.2 Å². The van der Waals surface area contributed by atoms with Crippen LogP contribution in [0.5, 0.6) is 17.2 Å². The molecule has 1 heterocycles. The van der Waals surface area contributed by atoms with Crippen molar-refractivity contribution in [2.75, 3.05) is 13.4 Å². The summed E-state index contributed by atoms with van der Waals surface area (Å²) >= 11 is 0. The van der Waals surface area contributed by atoms with Crippen molar-refractivity contribution < 1.29 is 14.2 Å². The third-order valence-electron chi connectivity index (χ3n) is 4.00. The Morgan fingerprint density at radius 2 is 1.86 bits per heavy atom. The third-order valence-corrected chi connectivity index (χ3v) is 4.00. The topological polar surface area (TPSA) is 27.7 Å². The molecule has 1 aromatic rings. The molecule has 1 aromatic carbocycles. The third kappa shape index (κ3) is 5.49. The zero-order chi connectivity index (χ0) is 14.9. The Kier molecular flexibility index (Phi) is 6.71. The van der Waals surface area contributed by atoms with Crippen molar-refractivity contribution in [3.63, 3.8) is 0 Å². The summed E-state index contributed by atoms with van der Waals surface area (Å²) in [5, 5.41) is 0. The Morgan fingerprint density at radius 3 is 2.71 bits per heavy atom. The average Bonchev–Trinajstić information content (AvgIpc) is 2.96. The van der Waals surface area contributed by atoms with E-state index < -0.39 is 0 Å². The first-order valence-electron chi connectivity index (χ1n) is 8.32. The van der Waals surface area contributed by atoms with E-state index in [1.54, 1.807) is 0 Å². The molecule has 0 saturated heterocycles. The highest BCUT2D eigenvalue weighted by Crippen LogP contribution is 2.35. The van der Waals surface area contributed by atoms with Crippen LogP contribution in [0.2, 0.25) is 0 Å². The number of hydrogen-bond donors (Lipinski definition) is 0. The van der Waals surface area contributed by atoms with E-state index in [1.807, 2.05) is 18.2 Å². The van der Waals surface area contributed by atoms with E-state index >= 15 is 0 Å². The van der Waals surface area contributed by atoms with Crippen LogP contribution in [0.1, 0.15) is 58.8 Å². The second-order valence-corrected chi connectivity index (χ2v) is 5.96. The van der Waals surface area contributed by atoms with Gasteiger partial charge in [0, 0.05) is 6.07 Å². The number of ether oxygens (including phenoxy) is 3. The van der Waals surface area contributed by atoms with Crippen molar-refractivity contribution in [2.45, 2.75) is 58.8 Å². The number of unbranched alkanes of at least 4 members (excludes halogenated alkanes) is 3. The maximum absolute atomic E-state index is 5.79. The second-order valence-electron chi connectivity index (χ2n) is 5.96. The summed E-state index contributed by atoms with van der Waals surface area (Å²) in [7, 11) is 0. The summed E-state index contributed by atoms with van der Waals surface area (Å²) in [4.78, 5) is 0. The Balaban J connectivity index is 1.57. The summed E-state index contributed by atoms with van der Waals surface area (Å²) < 4.78 is 16.4. The van der Waals surface area contributed by atoms with E-state index in [2.05, 4.69) is 13.8 Å². The Hall–Kier alpha value is -1.38. The zero-order valence-corrected chi connectivity index (χ0v) is 13.4. The Bertz CT molecular complexity index is 417. The molecule has 1 aliphatic heterocycles. The molecule has 0 fully saturated rings. The molecule has 0 aliphatic carbocycles. The van der Waals surface area contributed by atoms with Crippen LogP contribution in [0.4, 0.5) is 0 Å². The van der Waals surface area contributed by atoms with Crippen molar-refractivity contribution in [1.82, 2.24) is 0 Å². The standard InChI is InChI=1S/C18H28O3/c1-3-4-5-6-8-15(2)9-7-12-19-16-10-11-17-18(13-16)21-14-20-17/h10-11,13,15H,3-9,12,14H2,1-2H3. The van der Waals surface area contributed by atoms with Crippen LogP contribution in [-0.4, -0.2) is 13.4 Å². The van der Waals surface area contributed by atoms with Crippen LogP contribution in [0, 0.1) is 5.92 Å². The minimum Gasteiger partial charge on any atom is -0.493 e. The summed E-state index contributed by atoms with van der Waals surface area (Å²) in [6.07, 6.45) is 9.16. The minimum atomic E-state index is 0.314. The van der Waals surface area contributed by atoms with Gasteiger partial charge in [-0.3, -0.25) is 0 Å². The van der Waals surface area contributed by atoms with Crippen LogP contribution in [0.25, 0.3) is 0 Å². The van der Waals surface area contributed by atoms with Crippen LogP contribution in [-0.2, 0) is 0 Å². The molecular weight excluding hydrogens is 264 g/mol. The number of fused-ring (bicyclic) bond motifs is 1. The van der Waals surface area contributed by atoms with Crippen LogP contribution in [0.15, 0.2) is 18.2 Å². The fourth-order valence-electron chi connectivity index (χ4n) is 2.65. The average molecular weight is 292 g/mol. The predicted molar refractivity (Wildman–Crippen MR) is 85.2 cm³/mol. The lowest BCUT2D eigenvalue weighted by Gasteiger charge is -2.12. The number of benzene rings is 1. The summed E-state index contributed by atoms with van der Waals surface area (Å²) in [6.45, 7) is 5.71. The van der Waals surface area contributed by atoms with Gasteiger partial charge in [-0.05, 0) is 30.9 Å². The van der Waals surface area contributed by atoms with Crippen LogP contribution >= 0.6 is 0 Å². The molecule has 1 atom stereocenters. The van der Waals surface area contributed by atoms with Gasteiger partial charge in [0.25, 0.3) is 0 Å². The number of rotatable bonds is 10. The predicted octanol–water partition coefficient (Wildman–Crippen LogP) is 5.18. The molecule has 21 heavy (non-hydrogen) atoms. The maximum atomic E-state index is 5.79. The van der Waals surface area contributed by atoms with Crippen molar-refractivity contribution in [3.8, 4) is 17.2 Å². The van der Waals surface area contributed by atoms with E-state index in [0.717, 1.165) is 36.2 Å². The van der Waals surface area contributed by atoms with Crippen molar-refractivity contribution in [3.05, 3.63) is 18.2 Å². The lowest BCUT2D eigenvalue weighted by molar-refractivity contribution is 0.173. The SMILES string of the molecule is CCCCCCC(C)CCCOc1ccc2c(c1)OCO2. The van der Waals surface area contributed by atoms with Gasteiger partial charge in [0.2, 0.25) is 6.79 Å². The lowest BCUT2D eigenvalue weighted by atomic mass is 9.98. The number of hydrogen-bond acceptors (Lipinski definition) is 3. The minimum absolute atomic E-state index is 0.314. The Labute approximate surface area is 128 Å². The lowest BCUT2D eigenvalue weighted by Crippen LogP contribution is -2.02. The molecule has 1 aliphatic rings. The molecule has 0 N–H and O–H groups in total. The van der Waals surface area contributed by atoms with Crippen molar-refractivity contribution in [1.29, 1.82) is 0 Å². The van der Waals surface area contributed by atoms with E-state index in [1.165, 1.54) is 38.5 Å². The van der Waals surface area contributed by atoms with Gasteiger partial charge in [0.1, 0.15) is 5.75 Å². The van der Waals surface area contributed by atoms with E-state index in [-0.39, 0.29) is 0 Å². The molecule has 2 rings (SSSR count). The van der Waals surface area contributed by atoms with Crippen LogP contribution in [0.3, 0.4) is 0 Å². The zero-order valence-electron chi connectivity index (χ0n) is 13.4. The molecule has 1 unspecified atom stereocenters. The molecule has 0 radical (unpaired) electrons. The molecule has 118 valence electrons. The van der Waals surface area contributed by atoms with Gasteiger partial charge in [-0.2, -0.15) is 0 Å². The van der Waals surface area contributed by atoms with Gasteiger partial charge >= 0.3 is 0 Å². The normalized spacial score (nSPS) is 14.2. The van der Waals surface area contributed by atoms with Gasteiger partial charge in [0.15, 0.2) is 11.5 Å². The molecule has 0 amide bonds. The summed E-state index contributed by atoms with van der Waals surface area (Å²) in [5.74, 6) is 3.27. The first-order valence-corrected chi connectivity index (χ1v) is 8.32. The van der Waals surface area contributed by atoms with Crippen molar-refractivity contribution >= 4 is 0 Å². The summed E-state index contributed by atoms with van der Waals surface area (Å²) in [6, 6.07) is 5.77. The van der Waals surface area contributed by atoms with Crippen molar-refractivity contribution in [2.24, 2.45) is 5.92 Å². The molecule has 3 nitrogen and oxygen atoms in total. The molecule has 0 bridgehead atoms. The van der Waals surface area contributed by atoms with Crippen LogP contribution < -0.4 is 14.2 Å². The second kappa shape index (κ2) is 8.81.